The number of benzene rings is 3. The molecule has 3 aromatic carbocycles. The number of para-hydroxylation sites is 1. The van der Waals surface area contributed by atoms with Gasteiger partial charge in [-0.05, 0) is 74.5 Å². The number of thioether (sulfide) groups is 1. The SMILES string of the molecule is CCOc1ccc(NC(=O)COc2ccccc2/C=C2\SC(=S)N(c3ccc(OCC)cc3)C2=O)cc1. The van der Waals surface area contributed by atoms with E-state index in [2.05, 4.69) is 5.32 Å². The molecule has 0 radical (unpaired) electrons. The third-order valence-electron chi connectivity index (χ3n) is 5.21. The average Bonchev–Trinajstić information content (AvgIpc) is 3.18. The first-order chi connectivity index (χ1) is 18.0. The van der Waals surface area contributed by atoms with Gasteiger partial charge in [-0.3, -0.25) is 14.5 Å². The lowest BCUT2D eigenvalue weighted by molar-refractivity contribution is -0.118. The third kappa shape index (κ3) is 6.69. The largest absolute Gasteiger partial charge is 0.494 e. The monoisotopic (exact) mass is 534 g/mol. The van der Waals surface area contributed by atoms with Crippen molar-refractivity contribution >= 4 is 57.6 Å². The van der Waals surface area contributed by atoms with Crippen LogP contribution in [0.2, 0.25) is 0 Å². The molecule has 0 spiro atoms. The van der Waals surface area contributed by atoms with Crippen molar-refractivity contribution in [1.29, 1.82) is 0 Å². The van der Waals surface area contributed by atoms with E-state index in [9.17, 15) is 9.59 Å². The number of nitrogens with one attached hydrogen (secondary N) is 1. The molecule has 0 saturated carbocycles. The van der Waals surface area contributed by atoms with Crippen LogP contribution in [0, 0.1) is 0 Å². The predicted octanol–water partition coefficient (Wildman–Crippen LogP) is 5.91. The highest BCUT2D eigenvalue weighted by molar-refractivity contribution is 8.27. The van der Waals surface area contributed by atoms with E-state index < -0.39 is 0 Å². The number of amides is 2. The van der Waals surface area contributed by atoms with Crippen LogP contribution in [0.25, 0.3) is 6.08 Å². The summed E-state index contributed by atoms with van der Waals surface area (Å²) in [5.41, 5.74) is 1.98. The molecule has 1 aliphatic rings. The maximum absolute atomic E-state index is 13.2. The van der Waals surface area contributed by atoms with Crippen molar-refractivity contribution in [2.75, 3.05) is 30.0 Å². The molecule has 1 N–H and O–H groups in total. The summed E-state index contributed by atoms with van der Waals surface area (Å²) in [4.78, 5) is 27.6. The van der Waals surface area contributed by atoms with Crippen molar-refractivity contribution in [3.8, 4) is 17.2 Å². The average molecular weight is 535 g/mol. The Kier molecular flexibility index (Phi) is 8.81. The van der Waals surface area contributed by atoms with Gasteiger partial charge in [-0.1, -0.05) is 42.2 Å². The van der Waals surface area contributed by atoms with E-state index in [0.717, 1.165) is 11.5 Å². The molecule has 4 rings (SSSR count). The van der Waals surface area contributed by atoms with E-state index in [1.54, 1.807) is 48.5 Å². The normalized spacial score (nSPS) is 14.1. The van der Waals surface area contributed by atoms with Gasteiger partial charge in [0, 0.05) is 11.3 Å². The minimum atomic E-state index is -0.305. The molecular weight excluding hydrogens is 508 g/mol. The topological polar surface area (TPSA) is 77.1 Å². The predicted molar refractivity (Wildman–Crippen MR) is 151 cm³/mol. The number of carbonyl (C=O) groups excluding carboxylic acids is 2. The van der Waals surface area contributed by atoms with E-state index in [-0.39, 0.29) is 18.4 Å². The number of nitrogens with zero attached hydrogens (tertiary/aromatic N) is 1. The summed E-state index contributed by atoms with van der Waals surface area (Å²) in [6, 6.07) is 21.6. The lowest BCUT2D eigenvalue weighted by atomic mass is 10.2. The van der Waals surface area contributed by atoms with Crippen LogP contribution in [0.5, 0.6) is 17.2 Å². The Bertz CT molecular complexity index is 1310. The number of carbonyl (C=O) groups is 2. The zero-order valence-electron chi connectivity index (χ0n) is 20.4. The number of hydrogen-bond acceptors (Lipinski definition) is 7. The second-order valence-electron chi connectivity index (χ2n) is 7.78. The second kappa shape index (κ2) is 12.4. The fourth-order valence-electron chi connectivity index (χ4n) is 3.56. The minimum Gasteiger partial charge on any atom is -0.494 e. The Morgan fingerprint density at radius 1 is 0.919 bits per heavy atom. The smallest absolute Gasteiger partial charge is 0.270 e. The molecule has 7 nitrogen and oxygen atoms in total. The van der Waals surface area contributed by atoms with Gasteiger partial charge in [0.2, 0.25) is 0 Å². The molecule has 0 unspecified atom stereocenters. The highest BCUT2D eigenvalue weighted by atomic mass is 32.2. The van der Waals surface area contributed by atoms with Gasteiger partial charge in [-0.25, -0.2) is 0 Å². The molecule has 0 aliphatic carbocycles. The van der Waals surface area contributed by atoms with Gasteiger partial charge >= 0.3 is 0 Å². The molecule has 37 heavy (non-hydrogen) atoms. The summed E-state index contributed by atoms with van der Waals surface area (Å²) in [5.74, 6) is 1.42. The van der Waals surface area contributed by atoms with Gasteiger partial charge in [-0.2, -0.15) is 0 Å². The zero-order chi connectivity index (χ0) is 26.2. The summed E-state index contributed by atoms with van der Waals surface area (Å²) in [6.45, 7) is 4.77. The molecule has 190 valence electrons. The molecule has 9 heteroatoms. The van der Waals surface area contributed by atoms with Crippen molar-refractivity contribution in [2.45, 2.75) is 13.8 Å². The Morgan fingerprint density at radius 3 is 2.19 bits per heavy atom. The van der Waals surface area contributed by atoms with Crippen LogP contribution < -0.4 is 24.4 Å². The van der Waals surface area contributed by atoms with Crippen LogP contribution in [0.1, 0.15) is 19.4 Å². The van der Waals surface area contributed by atoms with Crippen molar-refractivity contribution < 1.29 is 23.8 Å². The van der Waals surface area contributed by atoms with Crippen molar-refractivity contribution in [2.24, 2.45) is 0 Å². The highest BCUT2D eigenvalue weighted by Crippen LogP contribution is 2.37. The third-order valence-corrected chi connectivity index (χ3v) is 6.52. The Hall–Kier alpha value is -3.82. The van der Waals surface area contributed by atoms with Crippen molar-refractivity contribution in [3.63, 3.8) is 0 Å². The fraction of sp³-hybridized carbons (Fsp3) is 0.179. The van der Waals surface area contributed by atoms with E-state index in [1.807, 2.05) is 44.2 Å². The Labute approximate surface area is 225 Å². The summed E-state index contributed by atoms with van der Waals surface area (Å²) in [6.07, 6.45) is 1.73. The van der Waals surface area contributed by atoms with Crippen molar-refractivity contribution in [3.05, 3.63) is 83.3 Å². The fourth-order valence-corrected chi connectivity index (χ4v) is 4.85. The summed E-state index contributed by atoms with van der Waals surface area (Å²) in [5, 5.41) is 2.80. The molecule has 0 aromatic heterocycles. The molecule has 1 fully saturated rings. The Balaban J connectivity index is 1.42. The summed E-state index contributed by atoms with van der Waals surface area (Å²) < 4.78 is 17.1. The number of hydrogen-bond donors (Lipinski definition) is 1. The first kappa shape index (κ1) is 26.2. The van der Waals surface area contributed by atoms with E-state index >= 15 is 0 Å². The van der Waals surface area contributed by atoms with Gasteiger partial charge in [0.1, 0.15) is 17.2 Å². The summed E-state index contributed by atoms with van der Waals surface area (Å²) >= 11 is 6.70. The van der Waals surface area contributed by atoms with Crippen LogP contribution >= 0.6 is 24.0 Å². The van der Waals surface area contributed by atoms with Gasteiger partial charge < -0.3 is 19.5 Å². The van der Waals surface area contributed by atoms with Crippen LogP contribution in [0.4, 0.5) is 11.4 Å². The molecule has 0 atom stereocenters. The first-order valence-electron chi connectivity index (χ1n) is 11.7. The minimum absolute atomic E-state index is 0.189. The molecular formula is C28H26N2O5S2. The molecule has 1 aliphatic heterocycles. The standard InChI is InChI=1S/C28H26N2O5S2/c1-3-33-22-13-9-20(10-14-22)29-26(31)18-35-24-8-6-5-7-19(24)17-25-27(32)30(28(36)37-25)21-11-15-23(16-12-21)34-4-2/h5-17H,3-4,18H2,1-2H3,(H,29,31)/b25-17-. The molecule has 3 aromatic rings. The maximum Gasteiger partial charge on any atom is 0.270 e. The number of thiocarbonyl (C=S) groups is 1. The van der Waals surface area contributed by atoms with Crippen LogP contribution in [0.3, 0.4) is 0 Å². The van der Waals surface area contributed by atoms with Gasteiger partial charge in [0.15, 0.2) is 10.9 Å². The number of anilines is 2. The van der Waals surface area contributed by atoms with Gasteiger partial charge in [-0.15, -0.1) is 0 Å². The highest BCUT2D eigenvalue weighted by Gasteiger charge is 2.33. The molecule has 1 heterocycles. The van der Waals surface area contributed by atoms with Crippen LogP contribution in [-0.2, 0) is 9.59 Å². The maximum atomic E-state index is 13.2. The van der Waals surface area contributed by atoms with E-state index in [1.165, 1.54) is 16.7 Å². The number of ether oxygens (including phenoxy) is 3. The summed E-state index contributed by atoms with van der Waals surface area (Å²) in [7, 11) is 0. The lowest BCUT2D eigenvalue weighted by Gasteiger charge is -2.15. The van der Waals surface area contributed by atoms with Crippen LogP contribution in [-0.4, -0.2) is 36.0 Å². The van der Waals surface area contributed by atoms with E-state index in [0.29, 0.717) is 45.1 Å². The van der Waals surface area contributed by atoms with Crippen molar-refractivity contribution in [1.82, 2.24) is 0 Å². The Morgan fingerprint density at radius 2 is 1.54 bits per heavy atom. The zero-order valence-corrected chi connectivity index (χ0v) is 22.1. The van der Waals surface area contributed by atoms with Gasteiger partial charge in [0.05, 0.1) is 23.8 Å². The lowest BCUT2D eigenvalue weighted by Crippen LogP contribution is -2.27. The quantitative estimate of drug-likeness (QED) is 0.256. The molecule has 1 saturated heterocycles. The van der Waals surface area contributed by atoms with Gasteiger partial charge in [0.25, 0.3) is 11.8 Å². The van der Waals surface area contributed by atoms with E-state index in [4.69, 9.17) is 26.4 Å². The molecule has 0 bridgehead atoms. The first-order valence-corrected chi connectivity index (χ1v) is 13.0. The number of rotatable bonds is 10. The van der Waals surface area contributed by atoms with Crippen LogP contribution in [0.15, 0.2) is 77.7 Å². The second-order valence-corrected chi connectivity index (χ2v) is 9.45. The molecule has 2 amide bonds.